The highest BCUT2D eigenvalue weighted by Crippen LogP contribution is 2.23. The van der Waals surface area contributed by atoms with Gasteiger partial charge in [0, 0.05) is 25.1 Å². The van der Waals surface area contributed by atoms with Crippen molar-refractivity contribution in [1.29, 1.82) is 0 Å². The van der Waals surface area contributed by atoms with E-state index in [1.165, 1.54) is 7.11 Å². The number of carbonyl (C=O) groups excluding carboxylic acids is 2. The minimum atomic E-state index is -0.361. The van der Waals surface area contributed by atoms with Gasteiger partial charge < -0.3 is 14.4 Å². The molecule has 1 amide bonds. The Hall–Kier alpha value is -2.18. The molecular weight excluding hydrogens is 356 g/mol. The molecule has 0 saturated carbocycles. The standard InChI is InChI=1S/C19H21ClN2O4/c1-25-17(23)8-9-22(12-14-6-4-10-26-14)19(24)16-11-13-5-2-3-7-15(13)18(20)21-16/h2-3,5,7,11,14H,4,6,8-10,12H2,1H3. The van der Waals surface area contributed by atoms with Crippen LogP contribution in [0.3, 0.4) is 0 Å². The van der Waals surface area contributed by atoms with Crippen LogP contribution in [-0.4, -0.2) is 54.7 Å². The zero-order valence-corrected chi connectivity index (χ0v) is 15.4. The molecule has 1 unspecified atom stereocenters. The molecule has 6 nitrogen and oxygen atoms in total. The van der Waals surface area contributed by atoms with Crippen LogP contribution in [0.2, 0.25) is 5.15 Å². The summed E-state index contributed by atoms with van der Waals surface area (Å²) >= 11 is 6.25. The lowest BCUT2D eigenvalue weighted by Crippen LogP contribution is -2.39. The maximum Gasteiger partial charge on any atom is 0.307 e. The third-order valence-electron chi connectivity index (χ3n) is 4.46. The highest BCUT2D eigenvalue weighted by molar-refractivity contribution is 6.34. The predicted molar refractivity (Wildman–Crippen MR) is 98.3 cm³/mol. The van der Waals surface area contributed by atoms with Crippen LogP contribution in [-0.2, 0) is 14.3 Å². The fourth-order valence-corrected chi connectivity index (χ4v) is 3.33. The Kier molecular flexibility index (Phi) is 6.06. The van der Waals surface area contributed by atoms with Gasteiger partial charge in [-0.3, -0.25) is 9.59 Å². The number of hydrogen-bond donors (Lipinski definition) is 0. The van der Waals surface area contributed by atoms with E-state index < -0.39 is 0 Å². The number of rotatable bonds is 6. The van der Waals surface area contributed by atoms with Crippen molar-refractivity contribution in [2.75, 3.05) is 26.8 Å². The summed E-state index contributed by atoms with van der Waals surface area (Å²) in [5, 5.41) is 1.93. The average Bonchev–Trinajstić information content (AvgIpc) is 3.17. The maximum absolute atomic E-state index is 13.0. The third kappa shape index (κ3) is 4.31. The van der Waals surface area contributed by atoms with Gasteiger partial charge >= 0.3 is 5.97 Å². The van der Waals surface area contributed by atoms with Gasteiger partial charge in [0.25, 0.3) is 5.91 Å². The van der Waals surface area contributed by atoms with E-state index >= 15 is 0 Å². The first-order valence-electron chi connectivity index (χ1n) is 8.61. The lowest BCUT2D eigenvalue weighted by molar-refractivity contribution is -0.140. The van der Waals surface area contributed by atoms with Crippen molar-refractivity contribution in [3.8, 4) is 0 Å². The summed E-state index contributed by atoms with van der Waals surface area (Å²) in [6.07, 6.45) is 1.97. The number of ether oxygens (including phenoxy) is 2. The molecule has 0 radical (unpaired) electrons. The minimum Gasteiger partial charge on any atom is -0.469 e. The summed E-state index contributed by atoms with van der Waals surface area (Å²) in [7, 11) is 1.33. The van der Waals surface area contributed by atoms with E-state index in [1.807, 2.05) is 24.3 Å². The van der Waals surface area contributed by atoms with Gasteiger partial charge in [0.1, 0.15) is 10.8 Å². The van der Waals surface area contributed by atoms with E-state index in [0.29, 0.717) is 13.2 Å². The molecule has 0 aliphatic carbocycles. The van der Waals surface area contributed by atoms with E-state index in [0.717, 1.165) is 23.6 Å². The zero-order chi connectivity index (χ0) is 18.5. The third-order valence-corrected chi connectivity index (χ3v) is 4.75. The number of carbonyl (C=O) groups is 2. The van der Waals surface area contributed by atoms with Crippen molar-refractivity contribution < 1.29 is 19.1 Å². The molecule has 0 bridgehead atoms. The lowest BCUT2D eigenvalue weighted by atomic mass is 10.1. The number of esters is 1. The van der Waals surface area contributed by atoms with Crippen molar-refractivity contribution in [3.63, 3.8) is 0 Å². The lowest BCUT2D eigenvalue weighted by Gasteiger charge is -2.25. The molecule has 1 aliphatic heterocycles. The molecule has 1 aliphatic rings. The normalized spacial score (nSPS) is 16.6. The maximum atomic E-state index is 13.0. The molecule has 26 heavy (non-hydrogen) atoms. The number of halogens is 1. The molecule has 1 fully saturated rings. The van der Waals surface area contributed by atoms with Crippen molar-refractivity contribution in [2.45, 2.75) is 25.4 Å². The largest absolute Gasteiger partial charge is 0.469 e. The second-order valence-corrected chi connectivity index (χ2v) is 6.59. The van der Waals surface area contributed by atoms with Gasteiger partial charge in [0.15, 0.2) is 0 Å². The van der Waals surface area contributed by atoms with Crippen LogP contribution in [0.4, 0.5) is 0 Å². The Morgan fingerprint density at radius 1 is 1.38 bits per heavy atom. The summed E-state index contributed by atoms with van der Waals surface area (Å²) in [4.78, 5) is 30.4. The van der Waals surface area contributed by atoms with E-state index in [2.05, 4.69) is 9.72 Å². The topological polar surface area (TPSA) is 68.7 Å². The predicted octanol–water partition coefficient (Wildman–Crippen LogP) is 3.07. The Labute approximate surface area is 157 Å². The average molecular weight is 377 g/mol. The molecule has 7 heteroatoms. The van der Waals surface area contributed by atoms with Crippen molar-refractivity contribution in [2.24, 2.45) is 0 Å². The second kappa shape index (κ2) is 8.47. The fourth-order valence-electron chi connectivity index (χ4n) is 3.07. The van der Waals surface area contributed by atoms with E-state index in [-0.39, 0.29) is 41.8 Å². The van der Waals surface area contributed by atoms with E-state index in [1.54, 1.807) is 11.0 Å². The highest BCUT2D eigenvalue weighted by Gasteiger charge is 2.25. The van der Waals surface area contributed by atoms with E-state index in [9.17, 15) is 9.59 Å². The molecule has 1 aromatic heterocycles. The summed E-state index contributed by atoms with van der Waals surface area (Å²) in [6, 6.07) is 9.23. The number of amides is 1. The first-order chi connectivity index (χ1) is 12.6. The molecule has 1 saturated heterocycles. The van der Waals surface area contributed by atoms with Gasteiger partial charge in [-0.25, -0.2) is 4.98 Å². The zero-order valence-electron chi connectivity index (χ0n) is 14.6. The molecule has 2 heterocycles. The number of pyridine rings is 1. The highest BCUT2D eigenvalue weighted by atomic mass is 35.5. The SMILES string of the molecule is COC(=O)CCN(CC1CCCO1)C(=O)c1cc2ccccc2c(Cl)n1. The van der Waals surface area contributed by atoms with Crippen molar-refractivity contribution in [1.82, 2.24) is 9.88 Å². The smallest absolute Gasteiger partial charge is 0.307 e. The monoisotopic (exact) mass is 376 g/mol. The van der Waals surface area contributed by atoms with Crippen molar-refractivity contribution in [3.05, 3.63) is 41.2 Å². The number of methoxy groups -OCH3 is 1. The first kappa shape index (κ1) is 18.6. The van der Waals surface area contributed by atoms with Crippen LogP contribution in [0.5, 0.6) is 0 Å². The van der Waals surface area contributed by atoms with Crippen LogP contribution in [0.25, 0.3) is 10.8 Å². The first-order valence-corrected chi connectivity index (χ1v) is 8.99. The molecular formula is C19H21ClN2O4. The molecule has 0 spiro atoms. The molecule has 1 aromatic carbocycles. The number of fused-ring (bicyclic) bond motifs is 1. The van der Waals surface area contributed by atoms with Crippen LogP contribution in [0.1, 0.15) is 29.8 Å². The molecule has 138 valence electrons. The quantitative estimate of drug-likeness (QED) is 0.572. The van der Waals surface area contributed by atoms with E-state index in [4.69, 9.17) is 16.3 Å². The summed E-state index contributed by atoms with van der Waals surface area (Å²) in [6.45, 7) is 1.36. The Bertz CT molecular complexity index is 805. The summed E-state index contributed by atoms with van der Waals surface area (Å²) < 4.78 is 10.3. The van der Waals surface area contributed by atoms with Crippen molar-refractivity contribution >= 4 is 34.2 Å². The Morgan fingerprint density at radius 3 is 2.92 bits per heavy atom. The van der Waals surface area contributed by atoms with Gasteiger partial charge in [0.05, 0.1) is 19.6 Å². The number of aromatic nitrogens is 1. The molecule has 2 aromatic rings. The van der Waals surface area contributed by atoms with Crippen LogP contribution in [0, 0.1) is 0 Å². The minimum absolute atomic E-state index is 0.0208. The number of benzene rings is 1. The van der Waals surface area contributed by atoms with Gasteiger partial charge in [-0.1, -0.05) is 35.9 Å². The second-order valence-electron chi connectivity index (χ2n) is 6.23. The van der Waals surface area contributed by atoms with Crippen LogP contribution < -0.4 is 0 Å². The fraction of sp³-hybridized carbons (Fsp3) is 0.421. The summed E-state index contributed by atoms with van der Waals surface area (Å²) in [5.74, 6) is -0.628. The Balaban J connectivity index is 1.84. The van der Waals surface area contributed by atoms with Gasteiger partial charge in [0.2, 0.25) is 0 Å². The molecule has 1 atom stereocenters. The molecule has 0 N–H and O–H groups in total. The van der Waals surface area contributed by atoms with Gasteiger partial charge in [-0.2, -0.15) is 0 Å². The number of hydrogen-bond acceptors (Lipinski definition) is 5. The Morgan fingerprint density at radius 2 is 2.19 bits per heavy atom. The summed E-state index contributed by atoms with van der Waals surface area (Å²) in [5.41, 5.74) is 0.261. The van der Waals surface area contributed by atoms with Gasteiger partial charge in [-0.05, 0) is 24.3 Å². The molecule has 3 rings (SSSR count). The van der Waals surface area contributed by atoms with Crippen LogP contribution >= 0.6 is 11.6 Å². The van der Waals surface area contributed by atoms with Crippen LogP contribution in [0.15, 0.2) is 30.3 Å². The van der Waals surface area contributed by atoms with Gasteiger partial charge in [-0.15, -0.1) is 0 Å². The number of nitrogens with zero attached hydrogens (tertiary/aromatic N) is 2.